The monoisotopic (exact) mass is 269 g/mol. The minimum atomic E-state index is -0.406. The van der Waals surface area contributed by atoms with Crippen LogP contribution >= 0.6 is 11.6 Å². The fourth-order valence-electron chi connectivity index (χ4n) is 2.02. The van der Waals surface area contributed by atoms with Crippen LogP contribution in [0.3, 0.4) is 0 Å². The quantitative estimate of drug-likeness (QED) is 0.562. The van der Waals surface area contributed by atoms with Gasteiger partial charge in [0.2, 0.25) is 0 Å². The van der Waals surface area contributed by atoms with Gasteiger partial charge in [-0.3, -0.25) is 0 Å². The number of halogens is 1. The molecule has 0 radical (unpaired) electrons. The van der Waals surface area contributed by atoms with Crippen LogP contribution in [-0.2, 0) is 0 Å². The van der Waals surface area contributed by atoms with E-state index in [4.69, 9.17) is 18.5 Å². The van der Waals surface area contributed by atoms with Crippen molar-refractivity contribution in [3.63, 3.8) is 0 Å². The van der Waals surface area contributed by atoms with Gasteiger partial charge in [0.05, 0.1) is 6.85 Å². The van der Waals surface area contributed by atoms with Gasteiger partial charge < -0.3 is 0 Å². The summed E-state index contributed by atoms with van der Waals surface area (Å²) in [4.78, 5) is 0. The molecule has 0 atom stereocenters. The summed E-state index contributed by atoms with van der Waals surface area (Å²) in [5.41, 5.74) is 2.15. The van der Waals surface area contributed by atoms with Gasteiger partial charge in [0, 0.05) is 10.6 Å². The molecule has 0 aliphatic carbocycles. The highest BCUT2D eigenvalue weighted by Gasteiger charge is 2.10. The molecular formula is C18H13Cl. The van der Waals surface area contributed by atoms with Crippen LogP contribution in [0.25, 0.3) is 22.3 Å². The SMILES string of the molecule is [2H]c1c([2H])c([2H])c(-c2cccc(Cl)c2-c2ccccc2)c([2H])c1[2H]. The Bertz CT molecular complexity index is 893. The van der Waals surface area contributed by atoms with Crippen LogP contribution in [0.2, 0.25) is 5.02 Å². The second-order valence-electron chi connectivity index (χ2n) is 4.03. The minimum Gasteiger partial charge on any atom is -0.0836 e. The molecule has 0 aliphatic heterocycles. The van der Waals surface area contributed by atoms with Gasteiger partial charge in [-0.25, -0.2) is 0 Å². The molecule has 0 heterocycles. The first-order valence-corrected chi connectivity index (χ1v) is 6.22. The Labute approximate surface area is 125 Å². The van der Waals surface area contributed by atoms with Crippen molar-refractivity contribution in [3.05, 3.63) is 83.8 Å². The molecule has 0 saturated carbocycles. The smallest absolute Gasteiger partial charge is 0.0629 e. The van der Waals surface area contributed by atoms with Gasteiger partial charge in [-0.05, 0) is 22.8 Å². The normalized spacial score (nSPS) is 14.1. The summed E-state index contributed by atoms with van der Waals surface area (Å²) in [6.07, 6.45) is 0. The van der Waals surface area contributed by atoms with Gasteiger partial charge in [0.15, 0.2) is 0 Å². The van der Waals surface area contributed by atoms with E-state index in [1.54, 1.807) is 18.2 Å². The van der Waals surface area contributed by atoms with Crippen LogP contribution in [0, 0.1) is 0 Å². The summed E-state index contributed by atoms with van der Waals surface area (Å²) in [7, 11) is 0. The van der Waals surface area contributed by atoms with Crippen molar-refractivity contribution in [2.75, 3.05) is 0 Å². The number of rotatable bonds is 2. The molecule has 0 nitrogen and oxygen atoms in total. The van der Waals surface area contributed by atoms with E-state index in [1.165, 1.54) is 0 Å². The van der Waals surface area contributed by atoms with Gasteiger partial charge in [-0.2, -0.15) is 0 Å². The number of hydrogen-bond donors (Lipinski definition) is 0. The highest BCUT2D eigenvalue weighted by Crippen LogP contribution is 2.37. The van der Waals surface area contributed by atoms with Crippen molar-refractivity contribution in [2.45, 2.75) is 0 Å². The molecule has 0 spiro atoms. The van der Waals surface area contributed by atoms with Gasteiger partial charge in [0.1, 0.15) is 0 Å². The first-order valence-electron chi connectivity index (χ1n) is 8.34. The molecule has 0 amide bonds. The van der Waals surface area contributed by atoms with E-state index in [0.717, 1.165) is 5.56 Å². The highest BCUT2D eigenvalue weighted by atomic mass is 35.5. The number of hydrogen-bond acceptors (Lipinski definition) is 0. The van der Waals surface area contributed by atoms with Crippen LogP contribution in [0.5, 0.6) is 0 Å². The van der Waals surface area contributed by atoms with E-state index in [9.17, 15) is 0 Å². The van der Waals surface area contributed by atoms with Crippen molar-refractivity contribution in [1.29, 1.82) is 0 Å². The van der Waals surface area contributed by atoms with Crippen LogP contribution in [-0.4, -0.2) is 0 Å². The maximum Gasteiger partial charge on any atom is 0.0629 e. The maximum absolute atomic E-state index is 8.19. The fourth-order valence-corrected chi connectivity index (χ4v) is 2.30. The Morgan fingerprint density at radius 2 is 1.47 bits per heavy atom. The maximum atomic E-state index is 8.19. The standard InChI is InChI=1S/C18H13Cl/c19-17-13-7-12-16(14-8-3-1-4-9-14)18(17)15-10-5-2-6-11-15/h1-13H/i1D,3D,4D,8D,9D. The summed E-state index contributed by atoms with van der Waals surface area (Å²) < 4.78 is 39.9. The Kier molecular flexibility index (Phi) is 2.09. The molecule has 0 saturated heterocycles. The van der Waals surface area contributed by atoms with E-state index in [-0.39, 0.29) is 29.7 Å². The zero-order valence-corrected chi connectivity index (χ0v) is 10.8. The van der Waals surface area contributed by atoms with E-state index in [2.05, 4.69) is 0 Å². The molecule has 0 aliphatic rings. The molecule has 0 aromatic heterocycles. The predicted octanol–water partition coefficient (Wildman–Crippen LogP) is 5.67. The van der Waals surface area contributed by atoms with Crippen molar-refractivity contribution in [1.82, 2.24) is 0 Å². The second-order valence-corrected chi connectivity index (χ2v) is 4.44. The molecule has 3 aromatic carbocycles. The largest absolute Gasteiger partial charge is 0.0836 e. The van der Waals surface area contributed by atoms with Crippen molar-refractivity contribution < 1.29 is 6.85 Å². The van der Waals surface area contributed by atoms with Gasteiger partial charge in [-0.1, -0.05) is 84.3 Å². The third kappa shape index (κ3) is 2.40. The lowest BCUT2D eigenvalue weighted by Crippen LogP contribution is -1.86. The summed E-state index contributed by atoms with van der Waals surface area (Å²) in [5, 5.41) is 0.463. The van der Waals surface area contributed by atoms with Crippen LogP contribution < -0.4 is 0 Å². The summed E-state index contributed by atoms with van der Waals surface area (Å²) >= 11 is 6.38. The topological polar surface area (TPSA) is 0 Å². The van der Waals surface area contributed by atoms with Crippen LogP contribution in [0.1, 0.15) is 6.85 Å². The first-order chi connectivity index (χ1) is 11.4. The lowest BCUT2D eigenvalue weighted by molar-refractivity contribution is 1.58. The van der Waals surface area contributed by atoms with Crippen LogP contribution in [0.4, 0.5) is 0 Å². The van der Waals surface area contributed by atoms with Crippen molar-refractivity contribution >= 4 is 11.6 Å². The molecule has 3 aromatic rings. The fraction of sp³-hybridized carbons (Fsp3) is 0. The lowest BCUT2D eigenvalue weighted by Gasteiger charge is -2.12. The Balaban J connectivity index is 2.40. The molecule has 92 valence electrons. The van der Waals surface area contributed by atoms with E-state index in [0.29, 0.717) is 16.1 Å². The zero-order valence-electron chi connectivity index (χ0n) is 15.0. The minimum absolute atomic E-state index is 0.155. The molecule has 19 heavy (non-hydrogen) atoms. The highest BCUT2D eigenvalue weighted by molar-refractivity contribution is 6.34. The summed E-state index contributed by atoms with van der Waals surface area (Å²) in [5.74, 6) is 0. The first kappa shape index (κ1) is 7.52. The average Bonchev–Trinajstić information content (AvgIpc) is 2.59. The molecule has 0 unspecified atom stereocenters. The molecule has 3 rings (SSSR count). The van der Waals surface area contributed by atoms with E-state index >= 15 is 0 Å². The molecule has 1 heteroatoms. The van der Waals surface area contributed by atoms with Crippen molar-refractivity contribution in [3.8, 4) is 22.3 Å². The Morgan fingerprint density at radius 3 is 2.21 bits per heavy atom. The molecule has 0 N–H and O–H groups in total. The Morgan fingerprint density at radius 1 is 0.737 bits per heavy atom. The Hall–Kier alpha value is -2.05. The van der Waals surface area contributed by atoms with Crippen molar-refractivity contribution in [2.24, 2.45) is 0 Å². The lowest BCUT2D eigenvalue weighted by atomic mass is 9.94. The number of benzene rings is 3. The third-order valence-electron chi connectivity index (χ3n) is 2.85. The summed E-state index contributed by atoms with van der Waals surface area (Å²) in [6, 6.07) is 12.9. The van der Waals surface area contributed by atoms with Gasteiger partial charge in [0.25, 0.3) is 0 Å². The summed E-state index contributed by atoms with van der Waals surface area (Å²) in [6.45, 7) is 0. The average molecular weight is 270 g/mol. The zero-order chi connectivity index (χ0) is 17.4. The molecule has 0 bridgehead atoms. The van der Waals surface area contributed by atoms with Gasteiger partial charge in [-0.15, -0.1) is 0 Å². The predicted molar refractivity (Wildman–Crippen MR) is 82.3 cm³/mol. The molecular weight excluding hydrogens is 252 g/mol. The van der Waals surface area contributed by atoms with E-state index in [1.807, 2.05) is 30.3 Å². The third-order valence-corrected chi connectivity index (χ3v) is 3.16. The second kappa shape index (κ2) is 5.29. The van der Waals surface area contributed by atoms with Crippen LogP contribution in [0.15, 0.2) is 78.7 Å². The van der Waals surface area contributed by atoms with E-state index < -0.39 is 6.04 Å². The molecule has 0 fully saturated rings. The van der Waals surface area contributed by atoms with Gasteiger partial charge >= 0.3 is 0 Å².